The van der Waals surface area contributed by atoms with Crippen LogP contribution in [0, 0.1) is 5.82 Å². The lowest BCUT2D eigenvalue weighted by Gasteiger charge is -2.36. The molecule has 0 bridgehead atoms. The van der Waals surface area contributed by atoms with E-state index < -0.39 is 39.3 Å². The van der Waals surface area contributed by atoms with Crippen molar-refractivity contribution in [2.75, 3.05) is 57.9 Å². The van der Waals surface area contributed by atoms with Crippen LogP contribution in [0.1, 0.15) is 42.1 Å². The van der Waals surface area contributed by atoms with Crippen LogP contribution < -0.4 is 15.4 Å². The highest BCUT2D eigenvalue weighted by Gasteiger charge is 2.50. The number of halogens is 1. The minimum Gasteiger partial charge on any atom is -0.497 e. The fourth-order valence-corrected chi connectivity index (χ4v) is 6.55. The van der Waals surface area contributed by atoms with Gasteiger partial charge >= 0.3 is 0 Å². The highest BCUT2D eigenvalue weighted by molar-refractivity contribution is 7.91. The molecule has 1 aliphatic carbocycles. The zero-order chi connectivity index (χ0) is 28.9. The van der Waals surface area contributed by atoms with Gasteiger partial charge in [0.15, 0.2) is 9.84 Å². The number of nitrogens with one attached hydrogen (secondary N) is 2. The van der Waals surface area contributed by atoms with E-state index >= 15 is 0 Å². The topological polar surface area (TPSA) is 108 Å². The molecule has 0 aromatic heterocycles. The van der Waals surface area contributed by atoms with Crippen LogP contribution in [0.5, 0.6) is 5.75 Å². The number of sulfone groups is 1. The van der Waals surface area contributed by atoms with E-state index in [0.717, 1.165) is 36.4 Å². The number of amides is 2. The lowest BCUT2D eigenvalue weighted by Crippen LogP contribution is -2.56. The second-order valence-electron chi connectivity index (χ2n) is 10.8. The average molecular weight is 575 g/mol. The molecule has 1 heterocycles. The summed E-state index contributed by atoms with van der Waals surface area (Å²) >= 11 is 0. The van der Waals surface area contributed by atoms with Crippen LogP contribution in [0.3, 0.4) is 0 Å². The van der Waals surface area contributed by atoms with Crippen LogP contribution in [-0.4, -0.2) is 99.5 Å². The smallest absolute Gasteiger partial charge is 0.251 e. The molecule has 218 valence electrons. The number of hydrogen-bond donors (Lipinski definition) is 2. The number of methoxy groups -OCH3 is 1. The monoisotopic (exact) mass is 574 g/mol. The Hall–Kier alpha value is -3.02. The fraction of sp³-hybridized carbons (Fsp3) is 0.517. The van der Waals surface area contributed by atoms with E-state index in [4.69, 9.17) is 4.74 Å². The highest BCUT2D eigenvalue weighted by atomic mass is 32.2. The Morgan fingerprint density at radius 3 is 2.33 bits per heavy atom. The third kappa shape index (κ3) is 7.58. The largest absolute Gasteiger partial charge is 0.497 e. The van der Waals surface area contributed by atoms with Crippen molar-refractivity contribution in [3.63, 3.8) is 0 Å². The van der Waals surface area contributed by atoms with Crippen molar-refractivity contribution in [2.45, 2.75) is 37.8 Å². The third-order valence-corrected chi connectivity index (χ3v) is 9.63. The molecule has 40 heavy (non-hydrogen) atoms. The van der Waals surface area contributed by atoms with Crippen molar-refractivity contribution in [3.8, 4) is 5.75 Å². The van der Waals surface area contributed by atoms with Crippen LogP contribution in [0.4, 0.5) is 4.39 Å². The van der Waals surface area contributed by atoms with Crippen LogP contribution in [0.25, 0.3) is 0 Å². The standard InChI is InChI=1S/C29H39FN4O5S/c1-4-33-14-16-34(17-15-33)28(36)26(32-27(35)22-5-9-23(30)10-6-22)20-40(37,38)18-13-31-29(2)19-25(29)21-7-11-24(39-3)12-8-21/h5-12,25-26,31H,4,13-20H2,1-3H3,(H,32,35)/t25-,26+,29?/m0/s1. The number of carbonyl (C=O) groups excluding carboxylic acids is 2. The first kappa shape index (κ1) is 30.0. The Morgan fingerprint density at radius 1 is 1.07 bits per heavy atom. The van der Waals surface area contributed by atoms with E-state index in [1.54, 1.807) is 12.0 Å². The molecule has 1 saturated carbocycles. The van der Waals surface area contributed by atoms with Gasteiger partial charge in [0.05, 0.1) is 18.6 Å². The Morgan fingerprint density at radius 2 is 1.73 bits per heavy atom. The van der Waals surface area contributed by atoms with Gasteiger partial charge in [-0.3, -0.25) is 9.59 Å². The lowest BCUT2D eigenvalue weighted by molar-refractivity contribution is -0.134. The second kappa shape index (κ2) is 12.7. The minimum atomic E-state index is -3.71. The molecule has 0 spiro atoms. The maximum atomic E-state index is 13.4. The lowest BCUT2D eigenvalue weighted by atomic mass is 10.1. The maximum absolute atomic E-state index is 13.4. The fourth-order valence-electron chi connectivity index (χ4n) is 5.23. The predicted molar refractivity (Wildman–Crippen MR) is 152 cm³/mol. The van der Waals surface area contributed by atoms with Crippen LogP contribution in [0.15, 0.2) is 48.5 Å². The van der Waals surface area contributed by atoms with Crippen molar-refractivity contribution in [1.82, 2.24) is 20.4 Å². The van der Waals surface area contributed by atoms with E-state index in [9.17, 15) is 22.4 Å². The molecule has 0 radical (unpaired) electrons. The molecule has 2 amide bonds. The highest BCUT2D eigenvalue weighted by Crippen LogP contribution is 2.51. The summed E-state index contributed by atoms with van der Waals surface area (Å²) in [5.41, 5.74) is 1.10. The molecule has 3 atom stereocenters. The van der Waals surface area contributed by atoms with Crippen molar-refractivity contribution in [3.05, 3.63) is 65.5 Å². The average Bonchev–Trinajstić information content (AvgIpc) is 3.63. The normalized spacial score (nSPS) is 22.0. The van der Waals surface area contributed by atoms with E-state index in [0.29, 0.717) is 26.2 Å². The van der Waals surface area contributed by atoms with E-state index in [2.05, 4.69) is 22.5 Å². The van der Waals surface area contributed by atoms with Gasteiger partial charge in [-0.25, -0.2) is 12.8 Å². The minimum absolute atomic E-state index is 0.153. The molecule has 1 aliphatic heterocycles. The number of nitrogens with zero attached hydrogens (tertiary/aromatic N) is 2. The summed E-state index contributed by atoms with van der Waals surface area (Å²) < 4.78 is 44.9. The summed E-state index contributed by atoms with van der Waals surface area (Å²) in [6.45, 7) is 7.51. The predicted octanol–water partition coefficient (Wildman–Crippen LogP) is 2.05. The zero-order valence-corrected chi connectivity index (χ0v) is 24.2. The first-order valence-electron chi connectivity index (χ1n) is 13.7. The van der Waals surface area contributed by atoms with Crippen molar-refractivity contribution in [2.24, 2.45) is 0 Å². The Kier molecular flexibility index (Phi) is 9.48. The van der Waals surface area contributed by atoms with Gasteiger partial charge in [0, 0.05) is 49.7 Å². The summed E-state index contributed by atoms with van der Waals surface area (Å²) in [6.07, 6.45) is 0.887. The molecule has 11 heteroatoms. The zero-order valence-electron chi connectivity index (χ0n) is 23.4. The first-order chi connectivity index (χ1) is 19.0. The van der Waals surface area contributed by atoms with Crippen LogP contribution in [-0.2, 0) is 14.6 Å². The molecule has 1 saturated heterocycles. The van der Waals surface area contributed by atoms with Crippen LogP contribution in [0.2, 0.25) is 0 Å². The Labute approximate surface area is 236 Å². The molecule has 1 unspecified atom stereocenters. The molecule has 4 rings (SSSR count). The maximum Gasteiger partial charge on any atom is 0.251 e. The number of ether oxygens (including phenoxy) is 1. The third-order valence-electron chi connectivity index (χ3n) is 7.96. The number of hydrogen-bond acceptors (Lipinski definition) is 7. The number of piperazine rings is 1. The number of carbonyl (C=O) groups is 2. The van der Waals surface area contributed by atoms with Gasteiger partial charge in [-0.2, -0.15) is 0 Å². The molecule has 2 aromatic carbocycles. The number of benzene rings is 2. The number of rotatable bonds is 12. The van der Waals surface area contributed by atoms with Gasteiger partial charge in [0.25, 0.3) is 5.91 Å². The van der Waals surface area contributed by atoms with Crippen molar-refractivity contribution < 1.29 is 27.1 Å². The molecule has 2 aromatic rings. The van der Waals surface area contributed by atoms with Gasteiger partial charge in [0.2, 0.25) is 5.91 Å². The van der Waals surface area contributed by atoms with Gasteiger partial charge in [-0.1, -0.05) is 19.1 Å². The van der Waals surface area contributed by atoms with Crippen LogP contribution >= 0.6 is 0 Å². The molecule has 2 aliphatic rings. The van der Waals surface area contributed by atoms with E-state index in [-0.39, 0.29) is 29.3 Å². The van der Waals surface area contributed by atoms with Gasteiger partial charge in [-0.15, -0.1) is 0 Å². The Bertz CT molecular complexity index is 1280. The van der Waals surface area contributed by atoms with E-state index in [1.165, 1.54) is 12.1 Å². The summed E-state index contributed by atoms with van der Waals surface area (Å²) in [6, 6.07) is 11.5. The second-order valence-corrected chi connectivity index (χ2v) is 13.0. The molecule has 2 fully saturated rings. The number of likely N-dealkylation sites (N-methyl/N-ethyl adjacent to an activating group) is 1. The summed E-state index contributed by atoms with van der Waals surface area (Å²) in [5.74, 6) is -1.15. The summed E-state index contributed by atoms with van der Waals surface area (Å²) in [4.78, 5) is 30.1. The Balaban J connectivity index is 1.38. The summed E-state index contributed by atoms with van der Waals surface area (Å²) in [7, 11) is -2.09. The summed E-state index contributed by atoms with van der Waals surface area (Å²) in [5, 5.41) is 5.99. The molecular formula is C29H39FN4O5S. The molecular weight excluding hydrogens is 535 g/mol. The van der Waals surface area contributed by atoms with Crippen molar-refractivity contribution in [1.29, 1.82) is 0 Å². The van der Waals surface area contributed by atoms with Crippen molar-refractivity contribution >= 4 is 21.7 Å². The van der Waals surface area contributed by atoms with Gasteiger partial charge < -0.3 is 25.2 Å². The first-order valence-corrected chi connectivity index (χ1v) is 15.5. The SMILES string of the molecule is CCN1CCN(C(=O)[C@@H](CS(=O)(=O)CCNC2(C)C[C@H]2c2ccc(OC)cc2)NC(=O)c2ccc(F)cc2)CC1. The molecule has 2 N–H and O–H groups in total. The van der Waals surface area contributed by atoms with Gasteiger partial charge in [-0.05, 0) is 61.9 Å². The van der Waals surface area contributed by atoms with Gasteiger partial charge in [0.1, 0.15) is 17.6 Å². The molecule has 9 nitrogen and oxygen atoms in total. The van der Waals surface area contributed by atoms with E-state index in [1.807, 2.05) is 31.2 Å². The quantitative estimate of drug-likeness (QED) is 0.400.